The molecule has 0 saturated carbocycles. The number of aromatic carboxylic acids is 1. The van der Waals surface area contributed by atoms with Gasteiger partial charge in [0.05, 0.1) is 10.5 Å². The van der Waals surface area contributed by atoms with Gasteiger partial charge in [-0.25, -0.2) is 9.59 Å². The average molecular weight is 472 g/mol. The molecule has 2 N–H and O–H groups in total. The van der Waals surface area contributed by atoms with Gasteiger partial charge in [0.2, 0.25) is 0 Å². The predicted molar refractivity (Wildman–Crippen MR) is 132 cm³/mol. The molecular formula is C27H24N2O6. The number of nitrogens with one attached hydrogen (secondary N) is 1. The lowest BCUT2D eigenvalue weighted by molar-refractivity contribution is -0.385. The maximum Gasteiger partial charge on any atom is 0.407 e. The molecule has 35 heavy (non-hydrogen) atoms. The number of carboxylic acids is 1. The summed E-state index contributed by atoms with van der Waals surface area (Å²) < 4.78 is 5.49. The maximum absolute atomic E-state index is 12.2. The molecule has 1 aliphatic rings. The summed E-state index contributed by atoms with van der Waals surface area (Å²) in [5.74, 6) is -1.24. The van der Waals surface area contributed by atoms with E-state index < -0.39 is 17.0 Å². The molecule has 0 spiro atoms. The molecule has 0 atom stereocenters. The summed E-state index contributed by atoms with van der Waals surface area (Å²) in [4.78, 5) is 34.2. The van der Waals surface area contributed by atoms with E-state index >= 15 is 0 Å². The summed E-state index contributed by atoms with van der Waals surface area (Å²) in [6, 6.07) is 18.9. The number of fused-ring (bicyclic) bond motifs is 3. The van der Waals surface area contributed by atoms with E-state index in [9.17, 15) is 24.8 Å². The topological polar surface area (TPSA) is 119 Å². The number of nitrogens with zero attached hydrogens (tertiary/aromatic N) is 1. The highest BCUT2D eigenvalue weighted by Crippen LogP contribution is 2.44. The van der Waals surface area contributed by atoms with Crippen molar-refractivity contribution >= 4 is 23.8 Å². The number of amides is 1. The normalized spacial score (nSPS) is 12.3. The van der Waals surface area contributed by atoms with Crippen LogP contribution in [-0.2, 0) is 4.74 Å². The number of nitro groups is 1. The van der Waals surface area contributed by atoms with Gasteiger partial charge in [-0.15, -0.1) is 0 Å². The van der Waals surface area contributed by atoms with Crippen molar-refractivity contribution in [1.29, 1.82) is 0 Å². The first-order valence-electron chi connectivity index (χ1n) is 11.1. The molecule has 0 radical (unpaired) electrons. The molecular weight excluding hydrogens is 448 g/mol. The second-order valence-electron chi connectivity index (χ2n) is 8.22. The lowest BCUT2D eigenvalue weighted by Crippen LogP contribution is -2.26. The Morgan fingerprint density at radius 3 is 2.31 bits per heavy atom. The fourth-order valence-electron chi connectivity index (χ4n) is 4.36. The summed E-state index contributed by atoms with van der Waals surface area (Å²) in [7, 11) is 0. The predicted octanol–water partition coefficient (Wildman–Crippen LogP) is 5.54. The summed E-state index contributed by atoms with van der Waals surface area (Å²) >= 11 is 0. The minimum atomic E-state index is -1.22. The Hall–Kier alpha value is -4.46. The Morgan fingerprint density at radius 2 is 1.71 bits per heavy atom. The molecule has 8 nitrogen and oxygen atoms in total. The number of ether oxygens (including phenoxy) is 1. The van der Waals surface area contributed by atoms with Crippen molar-refractivity contribution in [3.63, 3.8) is 0 Å². The Kier molecular flexibility index (Phi) is 6.91. The Morgan fingerprint density at radius 1 is 1.09 bits per heavy atom. The molecule has 1 amide bonds. The molecule has 3 aromatic carbocycles. The summed E-state index contributed by atoms with van der Waals surface area (Å²) in [6.07, 6.45) is 3.22. The third-order valence-corrected chi connectivity index (χ3v) is 6.06. The number of rotatable bonds is 8. The largest absolute Gasteiger partial charge is 0.478 e. The highest BCUT2D eigenvalue weighted by molar-refractivity contribution is 5.91. The molecule has 0 bridgehead atoms. The van der Waals surface area contributed by atoms with Crippen molar-refractivity contribution in [3.05, 3.63) is 105 Å². The van der Waals surface area contributed by atoms with Crippen LogP contribution in [0.25, 0.3) is 17.2 Å². The van der Waals surface area contributed by atoms with E-state index in [-0.39, 0.29) is 29.3 Å². The highest BCUT2D eigenvalue weighted by Gasteiger charge is 2.29. The molecule has 0 fully saturated rings. The van der Waals surface area contributed by atoms with Gasteiger partial charge in [-0.05, 0) is 47.2 Å². The van der Waals surface area contributed by atoms with E-state index in [0.717, 1.165) is 22.3 Å². The second kappa shape index (κ2) is 10.2. The van der Waals surface area contributed by atoms with Crippen LogP contribution in [0.4, 0.5) is 10.5 Å². The van der Waals surface area contributed by atoms with Crippen LogP contribution in [0.3, 0.4) is 0 Å². The Balaban J connectivity index is 1.31. The highest BCUT2D eigenvalue weighted by atomic mass is 16.6. The smallest absolute Gasteiger partial charge is 0.407 e. The molecule has 0 saturated heterocycles. The van der Waals surface area contributed by atoms with Gasteiger partial charge in [-0.2, -0.15) is 0 Å². The van der Waals surface area contributed by atoms with E-state index in [0.29, 0.717) is 18.5 Å². The van der Waals surface area contributed by atoms with E-state index in [2.05, 4.69) is 29.6 Å². The van der Waals surface area contributed by atoms with Crippen LogP contribution in [0.1, 0.15) is 45.0 Å². The maximum atomic E-state index is 12.2. The fraction of sp³-hybridized carbons (Fsp3) is 0.185. The molecule has 0 heterocycles. The van der Waals surface area contributed by atoms with Crippen LogP contribution >= 0.6 is 0 Å². The third kappa shape index (κ3) is 5.06. The molecule has 1 aliphatic carbocycles. The number of benzene rings is 3. The molecule has 3 aromatic rings. The van der Waals surface area contributed by atoms with Crippen molar-refractivity contribution < 1.29 is 24.4 Å². The standard InChI is InChI=1S/C27H24N2O6/c1-17-23(26(30)31)14-18(15-25(17)29(33)34)8-6-7-13-28-27(32)35-16-24-21-11-4-2-9-19(21)20-10-3-5-12-22(20)24/h2-6,8-12,14-15,24H,7,13,16H2,1H3,(H,28,32)(H,30,31). The van der Waals surface area contributed by atoms with Crippen molar-refractivity contribution in [2.24, 2.45) is 0 Å². The lowest BCUT2D eigenvalue weighted by Gasteiger charge is -2.14. The van der Waals surface area contributed by atoms with E-state index in [4.69, 9.17) is 4.74 Å². The molecule has 4 rings (SSSR count). The number of nitro benzene ring substituents is 1. The van der Waals surface area contributed by atoms with Gasteiger partial charge < -0.3 is 15.2 Å². The quantitative estimate of drug-likeness (QED) is 0.252. The van der Waals surface area contributed by atoms with Crippen LogP contribution < -0.4 is 5.32 Å². The molecule has 178 valence electrons. The van der Waals surface area contributed by atoms with Gasteiger partial charge in [0.1, 0.15) is 6.61 Å². The van der Waals surface area contributed by atoms with Crippen LogP contribution in [-0.4, -0.2) is 35.2 Å². The van der Waals surface area contributed by atoms with Gasteiger partial charge in [-0.1, -0.05) is 60.7 Å². The summed E-state index contributed by atoms with van der Waals surface area (Å²) in [5.41, 5.74) is 4.73. The zero-order chi connectivity index (χ0) is 24.9. The molecule has 0 aliphatic heterocycles. The number of hydrogen-bond donors (Lipinski definition) is 2. The van der Waals surface area contributed by atoms with Gasteiger partial charge in [0.15, 0.2) is 0 Å². The lowest BCUT2D eigenvalue weighted by atomic mass is 9.98. The van der Waals surface area contributed by atoms with Crippen LogP contribution in [0, 0.1) is 17.0 Å². The molecule has 0 unspecified atom stereocenters. The minimum absolute atomic E-state index is 0.0196. The monoisotopic (exact) mass is 472 g/mol. The van der Waals surface area contributed by atoms with Gasteiger partial charge >= 0.3 is 12.1 Å². The van der Waals surface area contributed by atoms with Crippen molar-refractivity contribution in [2.45, 2.75) is 19.3 Å². The molecule has 0 aromatic heterocycles. The minimum Gasteiger partial charge on any atom is -0.478 e. The zero-order valence-electron chi connectivity index (χ0n) is 19.1. The first-order valence-corrected chi connectivity index (χ1v) is 11.1. The Bertz CT molecular complexity index is 1250. The van der Waals surface area contributed by atoms with E-state index in [1.807, 2.05) is 24.3 Å². The fourth-order valence-corrected chi connectivity index (χ4v) is 4.36. The van der Waals surface area contributed by atoms with Gasteiger partial charge in [0, 0.05) is 24.1 Å². The SMILES string of the molecule is Cc1c(C(=O)O)cc(C=CCCNC(=O)OCC2c3ccccc3-c3ccccc32)cc1[N+](=O)[O-]. The van der Waals surface area contributed by atoms with Crippen molar-refractivity contribution in [3.8, 4) is 11.1 Å². The van der Waals surface area contributed by atoms with Gasteiger partial charge in [-0.3, -0.25) is 10.1 Å². The first-order chi connectivity index (χ1) is 16.9. The third-order valence-electron chi connectivity index (χ3n) is 6.06. The second-order valence-corrected chi connectivity index (χ2v) is 8.22. The van der Waals surface area contributed by atoms with Crippen LogP contribution in [0.15, 0.2) is 66.7 Å². The summed E-state index contributed by atoms with van der Waals surface area (Å²) in [6.45, 7) is 1.93. The average Bonchev–Trinajstić information content (AvgIpc) is 3.16. The number of carbonyl (C=O) groups excluding carboxylic acids is 1. The first kappa shape index (κ1) is 23.7. The van der Waals surface area contributed by atoms with Gasteiger partial charge in [0.25, 0.3) is 5.69 Å². The number of carbonyl (C=O) groups is 2. The number of carboxylic acid groups (broad SMARTS) is 1. The van der Waals surface area contributed by atoms with Crippen LogP contribution in [0.2, 0.25) is 0 Å². The number of alkyl carbamates (subject to hydrolysis) is 1. The van der Waals surface area contributed by atoms with E-state index in [1.165, 1.54) is 19.1 Å². The van der Waals surface area contributed by atoms with Crippen LogP contribution in [0.5, 0.6) is 0 Å². The zero-order valence-corrected chi connectivity index (χ0v) is 19.1. The van der Waals surface area contributed by atoms with E-state index in [1.54, 1.807) is 12.2 Å². The summed E-state index contributed by atoms with van der Waals surface area (Å²) in [5, 5.41) is 23.2. The molecule has 8 heteroatoms. The van der Waals surface area contributed by atoms with Crippen molar-refractivity contribution in [2.75, 3.05) is 13.2 Å². The number of hydrogen-bond acceptors (Lipinski definition) is 5. The Labute approximate surface area is 202 Å². The van der Waals surface area contributed by atoms with Crippen molar-refractivity contribution in [1.82, 2.24) is 5.32 Å².